The third-order valence-corrected chi connectivity index (χ3v) is 10.8. The van der Waals surface area contributed by atoms with E-state index in [0.29, 0.717) is 0 Å². The first kappa shape index (κ1) is 19.7. The van der Waals surface area contributed by atoms with Crippen LogP contribution in [0.2, 0.25) is 0 Å². The maximum Gasteiger partial charge on any atom is 0.385 e. The summed E-state index contributed by atoms with van der Waals surface area (Å²) >= 11 is 0. The lowest BCUT2D eigenvalue weighted by Gasteiger charge is -2.50. The highest BCUT2D eigenvalue weighted by Crippen LogP contribution is 2.64. The standard InChI is InChI=1S/C37H25N2/c1-20-31-28-8-4-2-6-21(28)16-23-10-12-25-18-26-13-11-24-17-22-7-3-5-9-29(22)34-30-15-14-27-19-38(20)37(39(27)30,35(25)32(23)31)36(26)33(24)34/h2-13,15,31,34H,1,14,16-18H2/q+1. The smallest absolute Gasteiger partial charge is 0.287 e. The van der Waals surface area contributed by atoms with Crippen LogP contribution in [0.3, 0.4) is 0 Å². The molecule has 3 atom stereocenters. The number of allylic oxidation sites excluding steroid dienone is 3. The number of nitrogens with zero attached hydrogens (tertiary/aromatic N) is 2. The third-order valence-electron chi connectivity index (χ3n) is 10.8. The molecule has 39 heavy (non-hydrogen) atoms. The Labute approximate surface area is 227 Å². The van der Waals surface area contributed by atoms with Gasteiger partial charge in [0, 0.05) is 18.0 Å². The maximum absolute atomic E-state index is 4.89. The van der Waals surface area contributed by atoms with E-state index in [-0.39, 0.29) is 11.8 Å². The average Bonchev–Trinajstić information content (AvgIpc) is 3.55. The molecule has 0 bridgehead atoms. The highest BCUT2D eigenvalue weighted by Gasteiger charge is 2.71. The highest BCUT2D eigenvalue weighted by atomic mass is 15.4. The average molecular weight is 498 g/mol. The number of rotatable bonds is 0. The lowest BCUT2D eigenvalue weighted by atomic mass is 9.59. The Bertz CT molecular complexity index is 2030. The van der Waals surface area contributed by atoms with Gasteiger partial charge in [-0.2, -0.15) is 0 Å². The summed E-state index contributed by atoms with van der Waals surface area (Å²) in [6.07, 6.45) is 10.4. The quantitative estimate of drug-likeness (QED) is 0.204. The monoisotopic (exact) mass is 497 g/mol. The topological polar surface area (TPSA) is 6.02 Å². The molecule has 0 radical (unpaired) electrons. The third kappa shape index (κ3) is 1.92. The van der Waals surface area contributed by atoms with Crippen molar-refractivity contribution in [1.29, 1.82) is 0 Å². The van der Waals surface area contributed by atoms with E-state index in [1.165, 1.54) is 78.3 Å². The molecule has 4 aromatic carbocycles. The van der Waals surface area contributed by atoms with Gasteiger partial charge in [-0.3, -0.25) is 4.58 Å². The van der Waals surface area contributed by atoms with Crippen molar-refractivity contribution in [1.82, 2.24) is 0 Å². The summed E-state index contributed by atoms with van der Waals surface area (Å²) in [4.78, 5) is 0. The molecular weight excluding hydrogens is 472 g/mol. The zero-order chi connectivity index (χ0) is 25.2. The van der Waals surface area contributed by atoms with E-state index in [0.717, 1.165) is 25.7 Å². The molecule has 7 aliphatic rings. The Morgan fingerprint density at radius 2 is 1.23 bits per heavy atom. The van der Waals surface area contributed by atoms with Crippen molar-refractivity contribution >= 4 is 11.9 Å². The fraction of sp³-hybridized carbons (Fsp3) is 0.189. The molecule has 182 valence electrons. The molecule has 2 nitrogen and oxygen atoms in total. The fourth-order valence-corrected chi connectivity index (χ4v) is 9.59. The summed E-state index contributed by atoms with van der Waals surface area (Å²) < 4.78 is 5.22. The van der Waals surface area contributed by atoms with Crippen LogP contribution in [0.1, 0.15) is 85.0 Å². The Morgan fingerprint density at radius 3 is 1.92 bits per heavy atom. The van der Waals surface area contributed by atoms with E-state index >= 15 is 0 Å². The molecule has 1 spiro atoms. The van der Waals surface area contributed by atoms with Crippen LogP contribution in [0.4, 0.5) is 0 Å². The molecule has 0 saturated carbocycles. The van der Waals surface area contributed by atoms with E-state index in [1.54, 1.807) is 5.56 Å². The van der Waals surface area contributed by atoms with Crippen molar-refractivity contribution in [2.75, 3.05) is 0 Å². The molecule has 0 N–H and O–H groups in total. The minimum Gasteiger partial charge on any atom is -0.287 e. The maximum atomic E-state index is 4.89. The van der Waals surface area contributed by atoms with Crippen molar-refractivity contribution in [2.45, 2.75) is 43.2 Å². The number of fused-ring (bicyclic) bond motifs is 5. The summed E-state index contributed by atoms with van der Waals surface area (Å²) in [5, 5.41) is 0. The first-order chi connectivity index (χ1) is 19.2. The van der Waals surface area contributed by atoms with Gasteiger partial charge in [-0.05, 0) is 81.0 Å². The molecule has 0 aromatic heterocycles. The Kier molecular flexibility index (Phi) is 3.10. The summed E-state index contributed by atoms with van der Waals surface area (Å²) in [5.41, 5.74) is 21.4. The summed E-state index contributed by atoms with van der Waals surface area (Å²) in [6, 6.07) is 28.0. The van der Waals surface area contributed by atoms with Crippen molar-refractivity contribution in [3.8, 4) is 0 Å². The Balaban J connectivity index is 1.33. The van der Waals surface area contributed by atoms with Gasteiger partial charge >= 0.3 is 5.66 Å². The highest BCUT2D eigenvalue weighted by molar-refractivity contribution is 6.28. The molecule has 0 saturated heterocycles. The van der Waals surface area contributed by atoms with Crippen LogP contribution >= 0.6 is 0 Å². The summed E-state index contributed by atoms with van der Waals surface area (Å²) in [5.74, 6) is 0.475. The van der Waals surface area contributed by atoms with Gasteiger partial charge in [-0.15, -0.1) is 11.2 Å². The molecule has 0 fully saturated rings. The van der Waals surface area contributed by atoms with Crippen LogP contribution in [0, 0.1) is 0 Å². The predicted molar refractivity (Wildman–Crippen MR) is 151 cm³/mol. The van der Waals surface area contributed by atoms with Gasteiger partial charge in [0.1, 0.15) is 17.3 Å². The molecule has 3 aliphatic carbocycles. The van der Waals surface area contributed by atoms with Crippen LogP contribution in [-0.4, -0.2) is 21.1 Å². The van der Waals surface area contributed by atoms with Crippen LogP contribution in [0.25, 0.3) is 0 Å². The van der Waals surface area contributed by atoms with Gasteiger partial charge in [0.15, 0.2) is 11.4 Å². The van der Waals surface area contributed by atoms with Gasteiger partial charge in [0.05, 0.1) is 5.92 Å². The zero-order valence-corrected chi connectivity index (χ0v) is 21.6. The SMILES string of the molecule is C=C1C2c3ccccc3Cc3ccc4c(c32)C23c5c(ccc6c5C(C5=CCC(=[N+]52)[C-]=[N+]13)c1ccccc1C6)C4. The van der Waals surface area contributed by atoms with E-state index in [1.807, 2.05) is 0 Å². The zero-order valence-electron chi connectivity index (χ0n) is 21.6. The molecule has 2 heteroatoms. The second-order valence-corrected chi connectivity index (χ2v) is 12.4. The minimum atomic E-state index is -0.403. The largest absolute Gasteiger partial charge is 0.385 e. The van der Waals surface area contributed by atoms with Gasteiger partial charge in [0.2, 0.25) is 0 Å². The van der Waals surface area contributed by atoms with E-state index in [9.17, 15) is 0 Å². The van der Waals surface area contributed by atoms with Crippen LogP contribution in [0.5, 0.6) is 0 Å². The molecule has 4 heterocycles. The van der Waals surface area contributed by atoms with Gasteiger partial charge in [-0.25, -0.2) is 0 Å². The van der Waals surface area contributed by atoms with Gasteiger partial charge in [-0.1, -0.05) is 72.8 Å². The molecule has 3 unspecified atom stereocenters. The summed E-state index contributed by atoms with van der Waals surface area (Å²) in [7, 11) is 0. The van der Waals surface area contributed by atoms with Crippen molar-refractivity contribution < 1.29 is 9.15 Å². The van der Waals surface area contributed by atoms with Crippen molar-refractivity contribution in [3.63, 3.8) is 0 Å². The summed E-state index contributed by atoms with van der Waals surface area (Å²) in [6.45, 7) is 4.89. The number of benzene rings is 4. The second kappa shape index (κ2) is 6.13. The van der Waals surface area contributed by atoms with Crippen LogP contribution < -0.4 is 0 Å². The lowest BCUT2D eigenvalue weighted by molar-refractivity contribution is -0.782. The van der Waals surface area contributed by atoms with E-state index in [4.69, 9.17) is 6.58 Å². The second-order valence-electron chi connectivity index (χ2n) is 12.4. The molecule has 4 aliphatic heterocycles. The van der Waals surface area contributed by atoms with Crippen molar-refractivity contribution in [3.05, 3.63) is 164 Å². The first-order valence-corrected chi connectivity index (χ1v) is 14.3. The predicted octanol–water partition coefficient (Wildman–Crippen LogP) is 6.12. The molecule has 4 aromatic rings. The lowest BCUT2D eigenvalue weighted by Crippen LogP contribution is -2.57. The Hall–Kier alpha value is -4.30. The van der Waals surface area contributed by atoms with Crippen molar-refractivity contribution in [2.24, 2.45) is 0 Å². The molecule has 0 amide bonds. The van der Waals surface area contributed by atoms with Crippen LogP contribution in [0.15, 0.2) is 96.8 Å². The normalized spacial score (nSPS) is 26.4. The minimum absolute atomic E-state index is 0.186. The fourth-order valence-electron chi connectivity index (χ4n) is 9.59. The number of hydrogen-bond donors (Lipinski definition) is 0. The van der Waals surface area contributed by atoms with E-state index < -0.39 is 5.66 Å². The number of hydrogen-bond acceptors (Lipinski definition) is 0. The van der Waals surface area contributed by atoms with Crippen LogP contribution in [-0.2, 0) is 24.9 Å². The molecular formula is C37H25N2+. The molecule has 11 rings (SSSR count). The van der Waals surface area contributed by atoms with Gasteiger partial charge in [0.25, 0.3) is 0 Å². The first-order valence-electron chi connectivity index (χ1n) is 14.3. The Morgan fingerprint density at radius 1 is 0.667 bits per heavy atom. The van der Waals surface area contributed by atoms with Gasteiger partial charge < -0.3 is 0 Å². The van der Waals surface area contributed by atoms with E-state index in [2.05, 4.69) is 94.2 Å².